The predicted octanol–water partition coefficient (Wildman–Crippen LogP) is 2.20. The maximum absolute atomic E-state index is 12.0. The van der Waals surface area contributed by atoms with Gasteiger partial charge in [0.1, 0.15) is 12.6 Å². The Morgan fingerprint density at radius 3 is 2.76 bits per heavy atom. The van der Waals surface area contributed by atoms with Crippen LogP contribution < -0.4 is 5.32 Å². The van der Waals surface area contributed by atoms with Gasteiger partial charge in [0.05, 0.1) is 19.3 Å². The molecule has 7 nitrogen and oxygen atoms in total. The molecule has 29 heavy (non-hydrogen) atoms. The second-order valence-corrected chi connectivity index (χ2v) is 7.61. The largest absolute Gasteiger partial charge is 0.376 e. The van der Waals surface area contributed by atoms with Crippen LogP contribution >= 0.6 is 24.0 Å². The molecule has 2 unspecified atom stereocenters. The molecule has 0 aromatic heterocycles. The van der Waals surface area contributed by atoms with Crippen LogP contribution in [0.15, 0.2) is 29.3 Å². The summed E-state index contributed by atoms with van der Waals surface area (Å²) < 4.78 is 11.8. The first-order valence-electron chi connectivity index (χ1n) is 10.1. The van der Waals surface area contributed by atoms with Gasteiger partial charge in [-0.3, -0.25) is 4.79 Å². The Kier molecular flexibility index (Phi) is 9.64. The van der Waals surface area contributed by atoms with Crippen molar-refractivity contribution in [3.8, 4) is 0 Å². The Bertz CT molecular complexity index is 692. The van der Waals surface area contributed by atoms with Crippen molar-refractivity contribution in [2.24, 2.45) is 4.99 Å². The zero-order valence-electron chi connectivity index (χ0n) is 17.6. The molecule has 2 saturated heterocycles. The number of rotatable bonds is 5. The van der Waals surface area contributed by atoms with Gasteiger partial charge in [-0.05, 0) is 30.9 Å². The minimum absolute atomic E-state index is 0. The van der Waals surface area contributed by atoms with Gasteiger partial charge in [0, 0.05) is 33.8 Å². The minimum Gasteiger partial charge on any atom is -0.376 e. The number of amides is 1. The standard InChI is InChI=1S/C21H32N4O3.HI/c1-16-7-4-5-9-18(16)19-15-25(10-12-28-19)21(23-14-20(26)24(2)3)22-13-17-8-6-11-27-17;/h4-5,7,9,17,19H,6,8,10-15H2,1-3H3,(H,22,23);1H. The first-order chi connectivity index (χ1) is 13.5. The zero-order chi connectivity index (χ0) is 19.9. The molecule has 3 rings (SSSR count). The second-order valence-electron chi connectivity index (χ2n) is 7.61. The number of aryl methyl sites for hydroxylation is 1. The molecular weight excluding hydrogens is 483 g/mol. The van der Waals surface area contributed by atoms with Gasteiger partial charge in [-0.25, -0.2) is 4.99 Å². The third-order valence-corrected chi connectivity index (χ3v) is 5.28. The highest BCUT2D eigenvalue weighted by Crippen LogP contribution is 2.25. The summed E-state index contributed by atoms with van der Waals surface area (Å²) in [6.07, 6.45) is 2.37. The lowest BCUT2D eigenvalue weighted by molar-refractivity contribution is -0.127. The van der Waals surface area contributed by atoms with Crippen LogP contribution in [0, 0.1) is 6.92 Å². The van der Waals surface area contributed by atoms with E-state index in [0.29, 0.717) is 19.7 Å². The summed E-state index contributed by atoms with van der Waals surface area (Å²) in [5.41, 5.74) is 2.43. The molecule has 0 spiro atoms. The van der Waals surface area contributed by atoms with E-state index in [-0.39, 0.29) is 48.6 Å². The van der Waals surface area contributed by atoms with Crippen LogP contribution in [0.5, 0.6) is 0 Å². The van der Waals surface area contributed by atoms with E-state index in [1.807, 2.05) is 12.1 Å². The topological polar surface area (TPSA) is 66.4 Å². The number of morpholine rings is 1. The van der Waals surface area contributed by atoms with Gasteiger partial charge in [0.15, 0.2) is 5.96 Å². The molecule has 1 aromatic carbocycles. The number of halogens is 1. The molecule has 2 atom stereocenters. The van der Waals surface area contributed by atoms with E-state index in [0.717, 1.165) is 32.0 Å². The predicted molar refractivity (Wildman–Crippen MR) is 125 cm³/mol. The van der Waals surface area contributed by atoms with Gasteiger partial charge in [-0.2, -0.15) is 0 Å². The molecule has 2 aliphatic heterocycles. The van der Waals surface area contributed by atoms with Crippen molar-refractivity contribution in [2.75, 3.05) is 53.5 Å². The third-order valence-electron chi connectivity index (χ3n) is 5.28. The van der Waals surface area contributed by atoms with Crippen molar-refractivity contribution in [3.05, 3.63) is 35.4 Å². The zero-order valence-corrected chi connectivity index (χ0v) is 19.9. The van der Waals surface area contributed by atoms with Gasteiger partial charge in [-0.1, -0.05) is 24.3 Å². The van der Waals surface area contributed by atoms with Gasteiger partial charge in [0.2, 0.25) is 5.91 Å². The average molecular weight is 516 g/mol. The van der Waals surface area contributed by atoms with E-state index in [4.69, 9.17) is 9.47 Å². The van der Waals surface area contributed by atoms with E-state index in [9.17, 15) is 4.79 Å². The summed E-state index contributed by atoms with van der Waals surface area (Å²) in [7, 11) is 3.50. The van der Waals surface area contributed by atoms with E-state index >= 15 is 0 Å². The van der Waals surface area contributed by atoms with Crippen molar-refractivity contribution >= 4 is 35.8 Å². The summed E-state index contributed by atoms with van der Waals surface area (Å²) in [5, 5.41) is 3.44. The molecule has 1 aromatic rings. The quantitative estimate of drug-likeness (QED) is 0.370. The van der Waals surface area contributed by atoms with Gasteiger partial charge in [-0.15, -0.1) is 24.0 Å². The molecule has 1 amide bonds. The summed E-state index contributed by atoms with van der Waals surface area (Å²) in [6, 6.07) is 8.32. The van der Waals surface area contributed by atoms with Crippen LogP contribution in [0.4, 0.5) is 0 Å². The number of benzene rings is 1. The third kappa shape index (κ3) is 6.82. The molecule has 0 aliphatic carbocycles. The summed E-state index contributed by atoms with van der Waals surface area (Å²) in [5.74, 6) is 0.743. The summed E-state index contributed by atoms with van der Waals surface area (Å²) in [6.45, 7) is 5.85. The molecule has 0 saturated carbocycles. The smallest absolute Gasteiger partial charge is 0.243 e. The number of nitrogens with one attached hydrogen (secondary N) is 1. The number of hydrogen-bond donors (Lipinski definition) is 1. The van der Waals surface area contributed by atoms with Crippen molar-refractivity contribution in [3.63, 3.8) is 0 Å². The SMILES string of the molecule is Cc1ccccc1C1CN(C(=NCC(=O)N(C)C)NCC2CCCO2)CCO1.I. The fourth-order valence-electron chi connectivity index (χ4n) is 3.54. The lowest BCUT2D eigenvalue weighted by Crippen LogP contribution is -2.50. The highest BCUT2D eigenvalue weighted by atomic mass is 127. The fraction of sp³-hybridized carbons (Fsp3) is 0.619. The molecular formula is C21H33IN4O3. The normalized spacial score (nSPS) is 22.2. The molecule has 2 heterocycles. The molecule has 8 heteroatoms. The van der Waals surface area contributed by atoms with Gasteiger partial charge in [0.25, 0.3) is 0 Å². The van der Waals surface area contributed by atoms with Crippen LogP contribution in [0.3, 0.4) is 0 Å². The van der Waals surface area contributed by atoms with Crippen molar-refractivity contribution in [1.29, 1.82) is 0 Å². The number of likely N-dealkylation sites (N-methyl/N-ethyl adjacent to an activating group) is 1. The number of guanidine groups is 1. The fourth-order valence-corrected chi connectivity index (χ4v) is 3.54. The van der Waals surface area contributed by atoms with Gasteiger partial charge >= 0.3 is 0 Å². The second kappa shape index (κ2) is 11.7. The van der Waals surface area contributed by atoms with Crippen molar-refractivity contribution in [1.82, 2.24) is 15.1 Å². The monoisotopic (exact) mass is 516 g/mol. The number of hydrogen-bond acceptors (Lipinski definition) is 4. The number of aliphatic imine (C=N–C) groups is 1. The van der Waals surface area contributed by atoms with E-state index in [2.05, 4.69) is 34.3 Å². The number of carbonyl (C=O) groups excluding carboxylic acids is 1. The van der Waals surface area contributed by atoms with Crippen LogP contribution in [0.25, 0.3) is 0 Å². The Balaban J connectivity index is 0.00000300. The Morgan fingerprint density at radius 1 is 1.28 bits per heavy atom. The van der Waals surface area contributed by atoms with E-state index in [1.165, 1.54) is 11.1 Å². The summed E-state index contributed by atoms with van der Waals surface area (Å²) in [4.78, 5) is 20.4. The summed E-state index contributed by atoms with van der Waals surface area (Å²) >= 11 is 0. The Labute approximate surface area is 190 Å². The molecule has 2 aliphatic rings. The number of carbonyl (C=O) groups is 1. The van der Waals surface area contributed by atoms with Crippen LogP contribution in [0.2, 0.25) is 0 Å². The van der Waals surface area contributed by atoms with Crippen molar-refractivity contribution < 1.29 is 14.3 Å². The van der Waals surface area contributed by atoms with Gasteiger partial charge < -0.3 is 24.6 Å². The first kappa shape index (κ1) is 23.9. The lowest BCUT2D eigenvalue weighted by Gasteiger charge is -2.36. The maximum atomic E-state index is 12.0. The molecule has 2 fully saturated rings. The lowest BCUT2D eigenvalue weighted by atomic mass is 10.0. The first-order valence-corrected chi connectivity index (χ1v) is 10.1. The van der Waals surface area contributed by atoms with E-state index in [1.54, 1.807) is 19.0 Å². The minimum atomic E-state index is -0.0138. The molecule has 1 N–H and O–H groups in total. The van der Waals surface area contributed by atoms with E-state index < -0.39 is 0 Å². The van der Waals surface area contributed by atoms with Crippen molar-refractivity contribution in [2.45, 2.75) is 32.0 Å². The highest BCUT2D eigenvalue weighted by Gasteiger charge is 2.26. The average Bonchev–Trinajstić information content (AvgIpc) is 3.22. The number of nitrogens with zero attached hydrogens (tertiary/aromatic N) is 3. The molecule has 0 bridgehead atoms. The van der Waals surface area contributed by atoms with Crippen LogP contribution in [0.1, 0.15) is 30.1 Å². The maximum Gasteiger partial charge on any atom is 0.243 e. The Hall–Kier alpha value is -1.39. The van der Waals surface area contributed by atoms with Crippen LogP contribution in [-0.2, 0) is 14.3 Å². The number of ether oxygens (including phenoxy) is 2. The Morgan fingerprint density at radius 2 is 2.07 bits per heavy atom. The molecule has 0 radical (unpaired) electrons. The molecule has 162 valence electrons. The van der Waals surface area contributed by atoms with Crippen LogP contribution in [-0.4, -0.2) is 81.3 Å². The highest BCUT2D eigenvalue weighted by molar-refractivity contribution is 14.0.